The molecule has 0 N–H and O–H groups in total. The zero-order valence-electron chi connectivity index (χ0n) is 14.1. The van der Waals surface area contributed by atoms with Gasteiger partial charge in [0.15, 0.2) is 0 Å². The van der Waals surface area contributed by atoms with E-state index in [1.165, 1.54) is 11.1 Å². The Bertz CT molecular complexity index is 390. The molecule has 0 aromatic rings. The second kappa shape index (κ2) is 7.10. The zero-order valence-corrected chi connectivity index (χ0v) is 14.1. The van der Waals surface area contributed by atoms with Gasteiger partial charge in [-0.3, -0.25) is 4.79 Å². The second-order valence-corrected chi connectivity index (χ2v) is 7.26. The van der Waals surface area contributed by atoms with Crippen molar-refractivity contribution in [1.29, 1.82) is 0 Å². The Morgan fingerprint density at radius 2 is 1.75 bits per heavy atom. The van der Waals surface area contributed by atoms with Crippen LogP contribution in [0.25, 0.3) is 0 Å². The molecule has 1 aliphatic carbocycles. The SMILES string of the molecule is CC(C)=CCC/C(C)=C\CN(C(=O)C1CC1)C(C)(C)C. The minimum absolute atomic E-state index is 0.0869. The van der Waals surface area contributed by atoms with Crippen LogP contribution in [0.3, 0.4) is 0 Å². The molecule has 0 atom stereocenters. The van der Waals surface area contributed by atoms with E-state index < -0.39 is 0 Å². The molecule has 2 heteroatoms. The fourth-order valence-electron chi connectivity index (χ4n) is 2.18. The summed E-state index contributed by atoms with van der Waals surface area (Å²) >= 11 is 0. The first kappa shape index (κ1) is 17.0. The predicted molar refractivity (Wildman–Crippen MR) is 86.6 cm³/mol. The minimum atomic E-state index is -0.0869. The molecule has 0 unspecified atom stereocenters. The van der Waals surface area contributed by atoms with Crippen LogP contribution in [0.5, 0.6) is 0 Å². The third kappa shape index (κ3) is 5.94. The number of hydrogen-bond donors (Lipinski definition) is 0. The van der Waals surface area contributed by atoms with E-state index in [1.807, 2.05) is 4.90 Å². The van der Waals surface area contributed by atoms with Crippen LogP contribution >= 0.6 is 0 Å². The molecule has 0 radical (unpaired) electrons. The fraction of sp³-hybridized carbons (Fsp3) is 0.722. The molecular formula is C18H31NO. The van der Waals surface area contributed by atoms with Gasteiger partial charge >= 0.3 is 0 Å². The van der Waals surface area contributed by atoms with Crippen molar-refractivity contribution in [3.05, 3.63) is 23.3 Å². The van der Waals surface area contributed by atoms with Crippen LogP contribution in [0.4, 0.5) is 0 Å². The molecule has 114 valence electrons. The lowest BCUT2D eigenvalue weighted by Gasteiger charge is -2.35. The summed E-state index contributed by atoms with van der Waals surface area (Å²) in [6.07, 6.45) is 8.83. The summed E-state index contributed by atoms with van der Waals surface area (Å²) in [5, 5.41) is 0. The maximum Gasteiger partial charge on any atom is 0.226 e. The summed E-state index contributed by atoms with van der Waals surface area (Å²) in [5.41, 5.74) is 2.66. The monoisotopic (exact) mass is 277 g/mol. The number of nitrogens with zero attached hydrogens (tertiary/aromatic N) is 1. The molecule has 0 aliphatic heterocycles. The number of rotatable bonds is 6. The average Bonchev–Trinajstić information content (AvgIpc) is 3.10. The van der Waals surface area contributed by atoms with Crippen molar-refractivity contribution in [3.8, 4) is 0 Å². The van der Waals surface area contributed by atoms with Crippen LogP contribution in [0, 0.1) is 5.92 Å². The quantitative estimate of drug-likeness (QED) is 0.643. The van der Waals surface area contributed by atoms with Gasteiger partial charge in [0.25, 0.3) is 0 Å². The van der Waals surface area contributed by atoms with Gasteiger partial charge in [0.1, 0.15) is 0 Å². The third-order valence-corrected chi connectivity index (χ3v) is 3.72. The van der Waals surface area contributed by atoms with Gasteiger partial charge in [-0.1, -0.05) is 23.3 Å². The van der Waals surface area contributed by atoms with Crippen LogP contribution in [0.1, 0.15) is 67.2 Å². The summed E-state index contributed by atoms with van der Waals surface area (Å²) in [6, 6.07) is 0. The summed E-state index contributed by atoms with van der Waals surface area (Å²) in [5.74, 6) is 0.638. The summed E-state index contributed by atoms with van der Waals surface area (Å²) in [6.45, 7) is 13.6. The fourth-order valence-corrected chi connectivity index (χ4v) is 2.18. The Balaban J connectivity index is 2.56. The zero-order chi connectivity index (χ0) is 15.3. The van der Waals surface area contributed by atoms with Gasteiger partial charge in [-0.05, 0) is 67.2 Å². The summed E-state index contributed by atoms with van der Waals surface area (Å²) in [4.78, 5) is 14.4. The van der Waals surface area contributed by atoms with E-state index in [4.69, 9.17) is 0 Å². The van der Waals surface area contributed by atoms with E-state index in [0.717, 1.165) is 32.2 Å². The molecule has 1 saturated carbocycles. The van der Waals surface area contributed by atoms with Gasteiger partial charge in [0, 0.05) is 18.0 Å². The topological polar surface area (TPSA) is 20.3 Å². The molecule has 1 rings (SSSR count). The Morgan fingerprint density at radius 1 is 1.15 bits per heavy atom. The van der Waals surface area contributed by atoms with Gasteiger partial charge in [-0.15, -0.1) is 0 Å². The maximum atomic E-state index is 12.4. The van der Waals surface area contributed by atoms with E-state index in [1.54, 1.807) is 0 Å². The molecule has 20 heavy (non-hydrogen) atoms. The van der Waals surface area contributed by atoms with Gasteiger partial charge in [0.2, 0.25) is 5.91 Å². The van der Waals surface area contributed by atoms with Crippen molar-refractivity contribution in [1.82, 2.24) is 4.90 Å². The smallest absolute Gasteiger partial charge is 0.226 e. The van der Waals surface area contributed by atoms with Crippen molar-refractivity contribution >= 4 is 5.91 Å². The Kier molecular flexibility index (Phi) is 6.04. The molecule has 1 amide bonds. The average molecular weight is 277 g/mol. The molecule has 1 aliphatic rings. The lowest BCUT2D eigenvalue weighted by molar-refractivity contribution is -0.136. The minimum Gasteiger partial charge on any atom is -0.334 e. The molecule has 0 bridgehead atoms. The van der Waals surface area contributed by atoms with Crippen molar-refractivity contribution < 1.29 is 4.79 Å². The Morgan fingerprint density at radius 3 is 2.20 bits per heavy atom. The first-order valence-corrected chi connectivity index (χ1v) is 7.82. The molecule has 2 nitrogen and oxygen atoms in total. The number of carbonyl (C=O) groups excluding carboxylic acids is 1. The van der Waals surface area contributed by atoms with Crippen LogP contribution in [0.15, 0.2) is 23.3 Å². The van der Waals surface area contributed by atoms with E-state index in [9.17, 15) is 4.79 Å². The first-order chi connectivity index (χ1) is 9.21. The van der Waals surface area contributed by atoms with Crippen molar-refractivity contribution in [3.63, 3.8) is 0 Å². The van der Waals surface area contributed by atoms with Crippen LogP contribution in [-0.2, 0) is 4.79 Å². The lowest BCUT2D eigenvalue weighted by Crippen LogP contribution is -2.46. The van der Waals surface area contributed by atoms with Crippen LogP contribution in [0.2, 0.25) is 0 Å². The van der Waals surface area contributed by atoms with Crippen molar-refractivity contribution in [2.75, 3.05) is 6.54 Å². The normalized spacial score (nSPS) is 16.0. The summed E-state index contributed by atoms with van der Waals surface area (Å²) in [7, 11) is 0. The number of allylic oxidation sites excluding steroid dienone is 3. The van der Waals surface area contributed by atoms with E-state index >= 15 is 0 Å². The number of carbonyl (C=O) groups is 1. The first-order valence-electron chi connectivity index (χ1n) is 7.82. The molecule has 0 saturated heterocycles. The van der Waals surface area contributed by atoms with E-state index in [-0.39, 0.29) is 5.54 Å². The molecule has 0 heterocycles. The van der Waals surface area contributed by atoms with Crippen LogP contribution < -0.4 is 0 Å². The molecule has 0 aromatic carbocycles. The standard InChI is InChI=1S/C18H31NO/c1-14(2)8-7-9-15(3)12-13-19(18(4,5)6)17(20)16-10-11-16/h8,12,16H,7,9-11,13H2,1-6H3/b15-12-. The number of amides is 1. The van der Waals surface area contributed by atoms with Gasteiger partial charge in [0.05, 0.1) is 0 Å². The molecular weight excluding hydrogens is 246 g/mol. The Labute approximate surface area is 124 Å². The van der Waals surface area contributed by atoms with Crippen molar-refractivity contribution in [2.24, 2.45) is 5.92 Å². The highest BCUT2D eigenvalue weighted by Crippen LogP contribution is 2.33. The molecule has 0 spiro atoms. The van der Waals surface area contributed by atoms with Crippen LogP contribution in [-0.4, -0.2) is 22.9 Å². The lowest BCUT2D eigenvalue weighted by atomic mass is 10.0. The highest BCUT2D eigenvalue weighted by molar-refractivity contribution is 5.81. The van der Waals surface area contributed by atoms with Crippen molar-refractivity contribution in [2.45, 2.75) is 72.8 Å². The third-order valence-electron chi connectivity index (χ3n) is 3.72. The molecule has 1 fully saturated rings. The number of hydrogen-bond acceptors (Lipinski definition) is 1. The van der Waals surface area contributed by atoms with Gasteiger partial charge < -0.3 is 4.90 Å². The van der Waals surface area contributed by atoms with Gasteiger partial charge in [-0.25, -0.2) is 0 Å². The predicted octanol–water partition coefficient (Wildman–Crippen LogP) is 4.72. The highest BCUT2D eigenvalue weighted by atomic mass is 16.2. The highest BCUT2D eigenvalue weighted by Gasteiger charge is 2.37. The van der Waals surface area contributed by atoms with E-state index in [2.05, 4.69) is 53.7 Å². The molecule has 0 aromatic heterocycles. The van der Waals surface area contributed by atoms with Gasteiger partial charge in [-0.2, -0.15) is 0 Å². The largest absolute Gasteiger partial charge is 0.334 e. The Hall–Kier alpha value is -1.05. The second-order valence-electron chi connectivity index (χ2n) is 7.26. The van der Waals surface area contributed by atoms with E-state index in [0.29, 0.717) is 11.8 Å². The summed E-state index contributed by atoms with van der Waals surface area (Å²) < 4.78 is 0. The maximum absolute atomic E-state index is 12.4.